The van der Waals surface area contributed by atoms with Crippen molar-refractivity contribution < 1.29 is 4.42 Å². The second kappa shape index (κ2) is 19.3. The van der Waals surface area contributed by atoms with E-state index in [1.165, 1.54) is 88.4 Å². The minimum absolute atomic E-state index is 0.173. The molecule has 14 aromatic carbocycles. The summed E-state index contributed by atoms with van der Waals surface area (Å²) in [6, 6.07) is 120. The van der Waals surface area contributed by atoms with E-state index in [2.05, 4.69) is 331 Å². The molecule has 3 nitrogen and oxygen atoms in total. The van der Waals surface area contributed by atoms with Crippen LogP contribution in [0.2, 0.25) is 0 Å². The summed E-state index contributed by atoms with van der Waals surface area (Å²) in [6.07, 6.45) is 0. The molecule has 0 radical (unpaired) electrons. The van der Waals surface area contributed by atoms with Gasteiger partial charge in [-0.3, -0.25) is 0 Å². The van der Waals surface area contributed by atoms with Gasteiger partial charge < -0.3 is 13.9 Å². The van der Waals surface area contributed by atoms with Crippen molar-refractivity contribution >= 4 is 83.9 Å². The van der Waals surface area contributed by atoms with Crippen molar-refractivity contribution in [3.8, 4) is 72.4 Å². The van der Waals surface area contributed by atoms with Crippen molar-refractivity contribution in [1.82, 2.24) is 4.57 Å². The summed E-state index contributed by atoms with van der Waals surface area (Å²) in [5.41, 5.74) is 31.0. The van der Waals surface area contributed by atoms with Gasteiger partial charge in [0.25, 0.3) is 6.71 Å². The van der Waals surface area contributed by atoms with E-state index in [0.717, 1.165) is 83.5 Å². The summed E-state index contributed by atoms with van der Waals surface area (Å²) in [4.78, 5) is 2.66. The van der Waals surface area contributed by atoms with Crippen molar-refractivity contribution in [2.75, 3.05) is 4.90 Å². The topological polar surface area (TPSA) is 21.3 Å². The second-order valence-electron chi connectivity index (χ2n) is 24.2. The third-order valence-corrected chi connectivity index (χ3v) is 19.6. The van der Waals surface area contributed by atoms with Crippen molar-refractivity contribution in [2.45, 2.75) is 5.41 Å². The maximum absolute atomic E-state index is 7.00. The predicted octanol–water partition coefficient (Wildman–Crippen LogP) is 20.0. The number of rotatable bonds is 8. The summed E-state index contributed by atoms with van der Waals surface area (Å²) in [5, 5.41) is 4.66. The summed E-state index contributed by atoms with van der Waals surface area (Å²) >= 11 is 0. The van der Waals surface area contributed by atoms with E-state index in [-0.39, 0.29) is 6.71 Å². The van der Waals surface area contributed by atoms with Crippen LogP contribution in [0, 0.1) is 0 Å². The van der Waals surface area contributed by atoms with Crippen LogP contribution in [-0.4, -0.2) is 11.3 Å². The normalized spacial score (nSPS) is 13.2. The number of anilines is 3. The fourth-order valence-corrected chi connectivity index (χ4v) is 15.9. The van der Waals surface area contributed by atoms with Crippen LogP contribution in [-0.2, 0) is 5.41 Å². The largest absolute Gasteiger partial charge is 0.456 e. The van der Waals surface area contributed by atoms with Crippen LogP contribution >= 0.6 is 0 Å². The van der Waals surface area contributed by atoms with Gasteiger partial charge in [-0.25, -0.2) is 0 Å². The van der Waals surface area contributed by atoms with Gasteiger partial charge in [0.1, 0.15) is 11.2 Å². The van der Waals surface area contributed by atoms with Crippen molar-refractivity contribution in [1.29, 1.82) is 0 Å². The molecule has 1 aliphatic carbocycles. The van der Waals surface area contributed by atoms with Gasteiger partial charge >= 0.3 is 0 Å². The smallest absolute Gasteiger partial charge is 0.252 e. The Labute approximate surface area is 516 Å². The minimum Gasteiger partial charge on any atom is -0.456 e. The Hall–Kier alpha value is -11.5. The lowest BCUT2D eigenvalue weighted by atomic mass is 9.33. The molecule has 0 spiro atoms. The number of furan rings is 1. The number of fused-ring (bicyclic) bond motifs is 13. The minimum atomic E-state index is -0.589. The molecular formula is C85H53BN2O. The summed E-state index contributed by atoms with van der Waals surface area (Å²) < 4.78 is 9.66. The fourth-order valence-electron chi connectivity index (χ4n) is 15.9. The predicted molar refractivity (Wildman–Crippen MR) is 372 cm³/mol. The molecule has 89 heavy (non-hydrogen) atoms. The molecule has 3 aliphatic rings. The van der Waals surface area contributed by atoms with E-state index in [1.54, 1.807) is 0 Å². The summed E-state index contributed by atoms with van der Waals surface area (Å²) in [6.45, 7) is -0.173. The first-order chi connectivity index (χ1) is 44.2. The zero-order valence-electron chi connectivity index (χ0n) is 48.5. The van der Waals surface area contributed by atoms with Crippen molar-refractivity contribution in [2.24, 2.45) is 0 Å². The van der Waals surface area contributed by atoms with Gasteiger partial charge in [0, 0.05) is 55.3 Å². The summed E-state index contributed by atoms with van der Waals surface area (Å²) in [5.74, 6) is 0. The molecule has 4 heteroatoms. The molecule has 0 atom stereocenters. The molecule has 4 heterocycles. The van der Waals surface area contributed by atoms with Crippen LogP contribution in [0.1, 0.15) is 22.3 Å². The van der Waals surface area contributed by atoms with Gasteiger partial charge in [0.2, 0.25) is 0 Å². The van der Waals surface area contributed by atoms with E-state index < -0.39 is 5.41 Å². The standard InChI is InChI=1S/C85H53BN2O/c1-6-24-54(25-7-1)57-30-20-32-59(46-57)64-40-22-41-65(60-33-21-31-58(47-60)55-26-8-2-9-27-55)83(64)88-77-51-71-67-39-17-19-45-80(67)89-81(71)53-75(77)86-74-44-23-42-68-70-50-69-66-38-16-18-43-72(66)85(62-34-12-4-13-35-62,63-36-14-5-15-37-63)73(69)52-76(70)87(84(68)74)78-48-61(49-79(88)82(78)86)56-28-10-3-11-29-56/h1-53H. The van der Waals surface area contributed by atoms with Crippen molar-refractivity contribution in [3.05, 3.63) is 344 Å². The first-order valence-electron chi connectivity index (χ1n) is 30.9. The van der Waals surface area contributed by atoms with Crippen LogP contribution in [0.4, 0.5) is 17.1 Å². The monoisotopic (exact) mass is 1130 g/mol. The third kappa shape index (κ3) is 7.23. The van der Waals surface area contributed by atoms with E-state index in [9.17, 15) is 0 Å². The third-order valence-electron chi connectivity index (χ3n) is 19.6. The first kappa shape index (κ1) is 49.8. The molecule has 412 valence electrons. The van der Waals surface area contributed by atoms with Gasteiger partial charge in [-0.05, 0) is 149 Å². The Morgan fingerprint density at radius 1 is 0.292 bits per heavy atom. The number of hydrogen-bond donors (Lipinski definition) is 0. The first-order valence-corrected chi connectivity index (χ1v) is 30.9. The van der Waals surface area contributed by atoms with Crippen LogP contribution in [0.5, 0.6) is 0 Å². The van der Waals surface area contributed by atoms with E-state index in [0.29, 0.717) is 0 Å². The Balaban J connectivity index is 0.968. The quantitative estimate of drug-likeness (QED) is 0.141. The maximum atomic E-state index is 7.00. The van der Waals surface area contributed by atoms with E-state index in [4.69, 9.17) is 4.42 Å². The number of aromatic nitrogens is 1. The SMILES string of the molecule is c1ccc(-c2cccc(-c3cccc(-c4cccc(-c5ccccc5)c4)c3N3c4cc5c(cc4B4c6c3cc(-c3ccccc3)cc6-n3c6cc7c(cc6c6cccc4c63)-c3ccccc3C7(c3ccccc3)c3ccccc3)oc3ccccc35)c2)cc1. The van der Waals surface area contributed by atoms with Crippen LogP contribution in [0.3, 0.4) is 0 Å². The van der Waals surface area contributed by atoms with Crippen LogP contribution < -0.4 is 21.3 Å². The molecule has 0 saturated heterocycles. The Kier molecular flexibility index (Phi) is 10.8. The zero-order valence-corrected chi connectivity index (χ0v) is 48.5. The zero-order chi connectivity index (χ0) is 58.3. The highest BCUT2D eigenvalue weighted by Crippen LogP contribution is 2.58. The molecule has 2 aromatic heterocycles. The Morgan fingerprint density at radius 2 is 0.809 bits per heavy atom. The second-order valence-corrected chi connectivity index (χ2v) is 24.2. The molecule has 0 amide bonds. The van der Waals surface area contributed by atoms with Gasteiger partial charge in [-0.2, -0.15) is 0 Å². The molecule has 0 bridgehead atoms. The van der Waals surface area contributed by atoms with Gasteiger partial charge in [-0.15, -0.1) is 0 Å². The molecule has 0 fully saturated rings. The average molecular weight is 1130 g/mol. The molecule has 0 unspecified atom stereocenters. The molecule has 0 saturated carbocycles. The lowest BCUT2D eigenvalue weighted by Crippen LogP contribution is -2.60. The molecule has 0 N–H and O–H groups in total. The summed E-state index contributed by atoms with van der Waals surface area (Å²) in [7, 11) is 0. The fraction of sp³-hybridized carbons (Fsp3) is 0.0118. The Bertz CT molecular complexity index is 5410. The highest BCUT2D eigenvalue weighted by Gasteiger charge is 2.48. The lowest BCUT2D eigenvalue weighted by molar-refractivity contribution is 0.669. The van der Waals surface area contributed by atoms with E-state index in [1.807, 2.05) is 0 Å². The molecule has 19 rings (SSSR count). The number of hydrogen-bond acceptors (Lipinski definition) is 2. The number of para-hydroxylation sites is 3. The van der Waals surface area contributed by atoms with Crippen LogP contribution in [0.25, 0.3) is 116 Å². The number of benzene rings is 14. The van der Waals surface area contributed by atoms with Crippen molar-refractivity contribution in [3.63, 3.8) is 0 Å². The molecule has 16 aromatic rings. The highest BCUT2D eigenvalue weighted by atomic mass is 16.3. The number of nitrogens with zero attached hydrogens (tertiary/aromatic N) is 2. The lowest BCUT2D eigenvalue weighted by Gasteiger charge is -2.42. The van der Waals surface area contributed by atoms with Crippen LogP contribution in [0.15, 0.2) is 326 Å². The molecular weight excluding hydrogens is 1080 g/mol. The van der Waals surface area contributed by atoms with E-state index >= 15 is 0 Å². The van der Waals surface area contributed by atoms with Gasteiger partial charge in [-0.1, -0.05) is 267 Å². The molecule has 2 aliphatic heterocycles. The maximum Gasteiger partial charge on any atom is 0.252 e. The highest BCUT2D eigenvalue weighted by molar-refractivity contribution is 7.00. The Morgan fingerprint density at radius 3 is 1.47 bits per heavy atom. The van der Waals surface area contributed by atoms with Gasteiger partial charge in [0.15, 0.2) is 0 Å². The van der Waals surface area contributed by atoms with Gasteiger partial charge in [0.05, 0.1) is 16.6 Å². The average Bonchev–Trinajstić information content (AvgIpc) is 1.64.